The summed E-state index contributed by atoms with van der Waals surface area (Å²) >= 11 is 0. The van der Waals surface area contributed by atoms with Crippen LogP contribution in [0.3, 0.4) is 0 Å². The minimum absolute atomic E-state index is 0.240. The van der Waals surface area contributed by atoms with E-state index in [4.69, 9.17) is 4.74 Å². The number of hydrogen-bond donors (Lipinski definition) is 1. The molecule has 0 aliphatic heterocycles. The molecule has 19 heavy (non-hydrogen) atoms. The molecule has 0 amide bonds. The molecule has 0 bridgehead atoms. The third-order valence-corrected chi connectivity index (χ3v) is 2.44. The molecular weight excluding hydrogens is 244 g/mol. The number of carbonyl (C=O) groups is 1. The number of esters is 1. The van der Waals surface area contributed by atoms with E-state index in [-0.39, 0.29) is 5.71 Å². The topological polar surface area (TPSA) is 76.5 Å². The summed E-state index contributed by atoms with van der Waals surface area (Å²) in [6.45, 7) is 3.65. The van der Waals surface area contributed by atoms with Gasteiger partial charge in [-0.2, -0.15) is 5.10 Å². The summed E-state index contributed by atoms with van der Waals surface area (Å²) in [5.74, 6) is 0.0996. The summed E-state index contributed by atoms with van der Waals surface area (Å²) in [6, 6.07) is 7.54. The van der Waals surface area contributed by atoms with Gasteiger partial charge in [0.25, 0.3) is 0 Å². The maximum atomic E-state index is 11.4. The summed E-state index contributed by atoms with van der Waals surface area (Å²) in [5.41, 5.74) is 3.81. The van der Waals surface area contributed by atoms with E-state index in [1.54, 1.807) is 13.8 Å². The molecule has 98 valence electrons. The Balaban J connectivity index is 2.22. The van der Waals surface area contributed by atoms with Gasteiger partial charge in [0, 0.05) is 5.39 Å². The van der Waals surface area contributed by atoms with E-state index in [0.29, 0.717) is 12.4 Å². The molecule has 0 fully saturated rings. The quantitative estimate of drug-likeness (QED) is 0.515. The van der Waals surface area contributed by atoms with E-state index >= 15 is 0 Å². The number of carbonyl (C=O) groups excluding carboxylic acids is 1. The van der Waals surface area contributed by atoms with E-state index in [2.05, 4.69) is 20.5 Å². The van der Waals surface area contributed by atoms with Gasteiger partial charge in [0.15, 0.2) is 5.82 Å². The first-order valence-electron chi connectivity index (χ1n) is 5.89. The molecule has 0 atom stereocenters. The number of ether oxygens (including phenoxy) is 1. The Hall–Kier alpha value is -2.50. The molecule has 1 heterocycles. The number of nitrogens with zero attached hydrogens (tertiary/aromatic N) is 3. The monoisotopic (exact) mass is 258 g/mol. The predicted octanol–water partition coefficient (Wildman–Crippen LogP) is 1.98. The summed E-state index contributed by atoms with van der Waals surface area (Å²) in [6.07, 6.45) is 1.44. The van der Waals surface area contributed by atoms with Crippen molar-refractivity contribution in [3.05, 3.63) is 30.6 Å². The minimum atomic E-state index is -0.451. The zero-order chi connectivity index (χ0) is 13.7. The number of rotatable bonds is 4. The highest BCUT2D eigenvalue weighted by Crippen LogP contribution is 2.18. The normalized spacial score (nSPS) is 11.4. The molecule has 0 saturated carbocycles. The van der Waals surface area contributed by atoms with Crippen LogP contribution in [-0.2, 0) is 9.53 Å². The molecular formula is C13H14N4O2. The second-order valence-corrected chi connectivity index (χ2v) is 3.77. The second-order valence-electron chi connectivity index (χ2n) is 3.77. The highest BCUT2D eigenvalue weighted by Gasteiger charge is 2.07. The largest absolute Gasteiger partial charge is 0.461 e. The first-order chi connectivity index (χ1) is 9.22. The van der Waals surface area contributed by atoms with Crippen LogP contribution in [-0.4, -0.2) is 28.3 Å². The van der Waals surface area contributed by atoms with Gasteiger partial charge in [-0.05, 0) is 26.0 Å². The van der Waals surface area contributed by atoms with Gasteiger partial charge in [0.1, 0.15) is 12.0 Å². The molecule has 2 aromatic rings. The molecule has 1 aromatic heterocycles. The molecule has 6 nitrogen and oxygen atoms in total. The van der Waals surface area contributed by atoms with Gasteiger partial charge < -0.3 is 4.74 Å². The van der Waals surface area contributed by atoms with Gasteiger partial charge in [-0.1, -0.05) is 12.1 Å². The van der Waals surface area contributed by atoms with E-state index in [9.17, 15) is 4.79 Å². The van der Waals surface area contributed by atoms with Crippen LogP contribution in [0.15, 0.2) is 35.7 Å². The number of para-hydroxylation sites is 1. The lowest BCUT2D eigenvalue weighted by Crippen LogP contribution is -2.15. The van der Waals surface area contributed by atoms with Gasteiger partial charge in [0.2, 0.25) is 0 Å². The lowest BCUT2D eigenvalue weighted by atomic mass is 10.2. The Kier molecular flexibility index (Phi) is 4.02. The van der Waals surface area contributed by atoms with Crippen LogP contribution >= 0.6 is 0 Å². The molecule has 0 aliphatic rings. The Morgan fingerprint density at radius 2 is 2.16 bits per heavy atom. The predicted molar refractivity (Wildman–Crippen MR) is 72.9 cm³/mol. The zero-order valence-electron chi connectivity index (χ0n) is 10.8. The van der Waals surface area contributed by atoms with Crippen molar-refractivity contribution in [2.45, 2.75) is 13.8 Å². The number of hydrazone groups is 1. The van der Waals surface area contributed by atoms with Crippen LogP contribution in [0, 0.1) is 0 Å². The Morgan fingerprint density at radius 3 is 2.95 bits per heavy atom. The highest BCUT2D eigenvalue weighted by molar-refractivity contribution is 6.35. The third-order valence-electron chi connectivity index (χ3n) is 2.44. The summed E-state index contributed by atoms with van der Waals surface area (Å²) < 4.78 is 4.84. The van der Waals surface area contributed by atoms with E-state index in [0.717, 1.165) is 10.9 Å². The van der Waals surface area contributed by atoms with E-state index in [1.807, 2.05) is 24.3 Å². The maximum Gasteiger partial charge on any atom is 0.354 e. The molecule has 1 aromatic carbocycles. The molecule has 2 rings (SSSR count). The van der Waals surface area contributed by atoms with Gasteiger partial charge >= 0.3 is 5.97 Å². The number of nitrogens with one attached hydrogen (secondary N) is 1. The van der Waals surface area contributed by atoms with E-state index in [1.165, 1.54) is 6.33 Å². The van der Waals surface area contributed by atoms with Crippen LogP contribution in [0.4, 0.5) is 5.82 Å². The Labute approximate surface area is 110 Å². The first kappa shape index (κ1) is 12.9. The van der Waals surface area contributed by atoms with Gasteiger partial charge in [-0.15, -0.1) is 0 Å². The minimum Gasteiger partial charge on any atom is -0.461 e. The lowest BCUT2D eigenvalue weighted by Gasteiger charge is -2.05. The fraction of sp³-hybridized carbons (Fsp3) is 0.231. The summed E-state index contributed by atoms with van der Waals surface area (Å²) in [4.78, 5) is 19.6. The molecule has 6 heteroatoms. The van der Waals surface area contributed by atoms with Crippen molar-refractivity contribution in [2.75, 3.05) is 12.0 Å². The Bertz CT molecular complexity index is 620. The molecule has 0 saturated heterocycles. The molecule has 0 spiro atoms. The average Bonchev–Trinajstić information content (AvgIpc) is 2.45. The zero-order valence-corrected chi connectivity index (χ0v) is 10.8. The van der Waals surface area contributed by atoms with Crippen molar-refractivity contribution in [1.82, 2.24) is 9.97 Å². The third kappa shape index (κ3) is 3.04. The van der Waals surface area contributed by atoms with Gasteiger partial charge in [0.05, 0.1) is 12.1 Å². The summed E-state index contributed by atoms with van der Waals surface area (Å²) in [5, 5.41) is 4.80. The van der Waals surface area contributed by atoms with Gasteiger partial charge in [-0.3, -0.25) is 5.43 Å². The lowest BCUT2D eigenvalue weighted by molar-refractivity contribution is -0.135. The van der Waals surface area contributed by atoms with Crippen molar-refractivity contribution in [3.63, 3.8) is 0 Å². The van der Waals surface area contributed by atoms with Crippen molar-refractivity contribution in [2.24, 2.45) is 5.10 Å². The first-order valence-corrected chi connectivity index (χ1v) is 5.89. The fourth-order valence-electron chi connectivity index (χ4n) is 1.51. The Morgan fingerprint density at radius 1 is 1.37 bits per heavy atom. The number of benzene rings is 1. The maximum absolute atomic E-state index is 11.4. The van der Waals surface area contributed by atoms with Crippen molar-refractivity contribution in [1.29, 1.82) is 0 Å². The molecule has 0 radical (unpaired) electrons. The van der Waals surface area contributed by atoms with Gasteiger partial charge in [-0.25, -0.2) is 14.8 Å². The average molecular weight is 258 g/mol. The van der Waals surface area contributed by atoms with Crippen LogP contribution in [0.5, 0.6) is 0 Å². The second kappa shape index (κ2) is 5.90. The number of fused-ring (bicyclic) bond motifs is 1. The highest BCUT2D eigenvalue weighted by atomic mass is 16.5. The molecule has 1 N–H and O–H groups in total. The number of anilines is 1. The van der Waals surface area contributed by atoms with Crippen molar-refractivity contribution in [3.8, 4) is 0 Å². The number of hydrogen-bond acceptors (Lipinski definition) is 6. The number of aromatic nitrogens is 2. The van der Waals surface area contributed by atoms with Crippen LogP contribution < -0.4 is 5.43 Å². The molecule has 0 aliphatic carbocycles. The molecule has 0 unspecified atom stereocenters. The van der Waals surface area contributed by atoms with Crippen molar-refractivity contribution >= 4 is 28.4 Å². The van der Waals surface area contributed by atoms with Crippen molar-refractivity contribution < 1.29 is 9.53 Å². The van der Waals surface area contributed by atoms with Crippen LogP contribution in [0.25, 0.3) is 10.9 Å². The standard InChI is InChI=1S/C13H14N4O2/c1-3-19-13(18)9(2)16-17-12-10-6-4-5-7-11(10)14-8-15-12/h4-8H,3H2,1-2H3,(H,14,15,17)/b16-9-. The van der Waals surface area contributed by atoms with Crippen LogP contribution in [0.2, 0.25) is 0 Å². The SMILES string of the molecule is CCOC(=O)/C(C)=N\Nc1ncnc2ccccc12. The van der Waals surface area contributed by atoms with Crippen LogP contribution in [0.1, 0.15) is 13.8 Å². The van der Waals surface area contributed by atoms with E-state index < -0.39 is 5.97 Å². The smallest absolute Gasteiger partial charge is 0.354 e. The fourth-order valence-corrected chi connectivity index (χ4v) is 1.51. The summed E-state index contributed by atoms with van der Waals surface area (Å²) in [7, 11) is 0.